The first-order valence-electron chi connectivity index (χ1n) is 4.34. The van der Waals surface area contributed by atoms with E-state index in [4.69, 9.17) is 9.11 Å². The Morgan fingerprint density at radius 1 is 0.714 bits per heavy atom. The van der Waals surface area contributed by atoms with Gasteiger partial charge in [-0.25, -0.2) is 0 Å². The van der Waals surface area contributed by atoms with Crippen molar-refractivity contribution < 1.29 is 80.8 Å². The van der Waals surface area contributed by atoms with Gasteiger partial charge in [-0.05, 0) is 12.3 Å². The molecule has 0 fully saturated rings. The summed E-state index contributed by atoms with van der Waals surface area (Å²) in [7, 11) is -18.3. The molecule has 0 aromatic rings. The zero-order chi connectivity index (χ0) is 16.8. The third-order valence-corrected chi connectivity index (χ3v) is 4.83. The number of hydrogen-bond donors (Lipinski definition) is 2. The molecule has 0 rings (SSSR count). The fourth-order valence-corrected chi connectivity index (χ4v) is 4.09. The second-order valence-corrected chi connectivity index (χ2v) is 9.72. The fourth-order valence-electron chi connectivity index (χ4n) is 0.454. The molecule has 2 N–H and O–H groups in total. The van der Waals surface area contributed by atoms with Gasteiger partial charge in [-0.1, -0.05) is 15.2 Å². The normalized spacial score (nSPS) is 12.9. The third-order valence-electron chi connectivity index (χ3n) is 1.25. The van der Waals surface area contributed by atoms with Crippen LogP contribution in [0.25, 0.3) is 0 Å². The smallest absolute Gasteiger partial charge is 0.811 e. The van der Waals surface area contributed by atoms with Gasteiger partial charge in [0.15, 0.2) is 0 Å². The predicted octanol–water partition coefficient (Wildman–Crippen LogP) is -4.43. The van der Waals surface area contributed by atoms with Crippen molar-refractivity contribution in [3.63, 3.8) is 0 Å². The SMILES string of the molecule is O=P([O-])([O-])CCS(=O)(=O)O.O=P([O-])([O-])CCS(=O)(=O)O.[Zr+4]. The minimum Gasteiger partial charge on any atom is -0.811 e. The van der Waals surface area contributed by atoms with Crippen molar-refractivity contribution in [1.82, 2.24) is 0 Å². The van der Waals surface area contributed by atoms with E-state index in [1.54, 1.807) is 0 Å². The molecule has 0 atom stereocenters. The summed E-state index contributed by atoms with van der Waals surface area (Å²) in [6, 6.07) is 0. The second-order valence-electron chi connectivity index (χ2n) is 3.24. The Balaban J connectivity index is -0.000000295. The first kappa shape index (κ1) is 26.9. The van der Waals surface area contributed by atoms with Gasteiger partial charge in [0, 0.05) is 0 Å². The molecule has 0 saturated heterocycles. The number of hydrogen-bond acceptors (Lipinski definition) is 10. The fraction of sp³-hybridized carbons (Fsp3) is 1.00. The first-order chi connectivity index (χ1) is 8.41. The van der Waals surface area contributed by atoms with Crippen LogP contribution in [0.2, 0.25) is 0 Å². The molecule has 17 heteroatoms. The van der Waals surface area contributed by atoms with Crippen LogP contribution < -0.4 is 19.6 Å². The van der Waals surface area contributed by atoms with E-state index in [0.717, 1.165) is 0 Å². The summed E-state index contributed by atoms with van der Waals surface area (Å²) >= 11 is 0. The van der Waals surface area contributed by atoms with E-state index in [2.05, 4.69) is 0 Å². The molecule has 0 unspecified atom stereocenters. The molecule has 0 aliphatic rings. The van der Waals surface area contributed by atoms with Crippen LogP contribution in [-0.2, 0) is 55.6 Å². The zero-order valence-corrected chi connectivity index (χ0v) is 15.9. The van der Waals surface area contributed by atoms with Gasteiger partial charge in [0.2, 0.25) is 0 Å². The molecule has 0 aliphatic carbocycles. The predicted molar refractivity (Wildman–Crippen MR) is 57.8 cm³/mol. The molecule has 0 bridgehead atoms. The molecular weight excluding hydrogens is 457 g/mol. The molecule has 21 heavy (non-hydrogen) atoms. The maximum Gasteiger partial charge on any atom is 4.00 e. The van der Waals surface area contributed by atoms with E-state index in [-0.39, 0.29) is 26.2 Å². The Kier molecular flexibility index (Phi) is 12.8. The Labute approximate surface area is 139 Å². The van der Waals surface area contributed by atoms with E-state index in [0.29, 0.717) is 0 Å². The quantitative estimate of drug-likeness (QED) is 0.278. The average molecular weight is 467 g/mol. The Bertz CT molecular complexity index is 529. The molecule has 0 aromatic carbocycles. The minimum absolute atomic E-state index is 0. The maximum atomic E-state index is 9.83. The molecule has 12 nitrogen and oxygen atoms in total. The van der Waals surface area contributed by atoms with E-state index in [1.807, 2.05) is 0 Å². The minimum atomic E-state index is -4.80. The Hall–Kier alpha value is 1.00. The van der Waals surface area contributed by atoms with Gasteiger partial charge in [-0.2, -0.15) is 16.8 Å². The molecule has 0 aliphatic heterocycles. The van der Waals surface area contributed by atoms with Crippen LogP contribution in [-0.4, -0.2) is 49.8 Å². The monoisotopic (exact) mass is 466 g/mol. The van der Waals surface area contributed by atoms with Gasteiger partial charge < -0.3 is 28.7 Å². The van der Waals surface area contributed by atoms with Crippen molar-refractivity contribution in [2.24, 2.45) is 0 Å². The third kappa shape index (κ3) is 33.7. The van der Waals surface area contributed by atoms with Crippen LogP contribution in [0, 0.1) is 0 Å². The van der Waals surface area contributed by atoms with Crippen LogP contribution in [0.4, 0.5) is 0 Å². The van der Waals surface area contributed by atoms with E-state index in [1.165, 1.54) is 0 Å². The van der Waals surface area contributed by atoms with Crippen molar-refractivity contribution in [2.45, 2.75) is 0 Å². The van der Waals surface area contributed by atoms with Crippen LogP contribution >= 0.6 is 15.2 Å². The van der Waals surface area contributed by atoms with Crippen LogP contribution in [0.3, 0.4) is 0 Å². The van der Waals surface area contributed by atoms with Crippen molar-refractivity contribution in [2.75, 3.05) is 23.8 Å². The van der Waals surface area contributed by atoms with E-state index in [9.17, 15) is 45.5 Å². The first-order valence-corrected chi connectivity index (χ1v) is 11.0. The molecule has 0 saturated carbocycles. The summed E-state index contributed by atoms with van der Waals surface area (Å²) in [5.74, 6) is -2.06. The summed E-state index contributed by atoms with van der Waals surface area (Å²) in [6.45, 7) is 0. The summed E-state index contributed by atoms with van der Waals surface area (Å²) in [5, 5.41) is 0. The van der Waals surface area contributed by atoms with Gasteiger partial charge in [-0.15, -0.1) is 0 Å². The number of rotatable bonds is 6. The molecule has 0 amide bonds. The van der Waals surface area contributed by atoms with Crippen molar-refractivity contribution >= 4 is 35.4 Å². The molecule has 0 radical (unpaired) electrons. The van der Waals surface area contributed by atoms with Crippen LogP contribution in [0.15, 0.2) is 0 Å². The van der Waals surface area contributed by atoms with Crippen LogP contribution in [0.1, 0.15) is 0 Å². The zero-order valence-electron chi connectivity index (χ0n) is 10.0. The van der Waals surface area contributed by atoms with Gasteiger partial charge >= 0.3 is 26.2 Å². The molecule has 0 heterocycles. The van der Waals surface area contributed by atoms with E-state index >= 15 is 0 Å². The molecular formula is C4H10O12P2S2Zr. The van der Waals surface area contributed by atoms with Gasteiger partial charge in [0.25, 0.3) is 20.2 Å². The van der Waals surface area contributed by atoms with Crippen molar-refractivity contribution in [1.29, 1.82) is 0 Å². The van der Waals surface area contributed by atoms with Gasteiger partial charge in [0.05, 0.1) is 11.5 Å². The largest absolute Gasteiger partial charge is 4.00 e. The van der Waals surface area contributed by atoms with E-state index < -0.39 is 59.3 Å². The standard InChI is InChI=1S/2C2H7O6PS.Zr/c2*3-9(4,5)1-2-10(6,7)8;/h2*1-2H2,(H2,3,4,5)(H,6,7,8);/q;;+4/p-4. The van der Waals surface area contributed by atoms with Crippen LogP contribution in [0.5, 0.6) is 0 Å². The molecule has 0 aromatic heterocycles. The molecule has 124 valence electrons. The van der Waals surface area contributed by atoms with Crippen molar-refractivity contribution in [3.8, 4) is 0 Å². The summed E-state index contributed by atoms with van der Waals surface area (Å²) < 4.78 is 74.8. The van der Waals surface area contributed by atoms with Crippen molar-refractivity contribution in [3.05, 3.63) is 0 Å². The Morgan fingerprint density at radius 3 is 0.952 bits per heavy atom. The summed E-state index contributed by atoms with van der Waals surface area (Å²) in [6.07, 6.45) is -2.13. The second kappa shape index (κ2) is 9.99. The maximum absolute atomic E-state index is 9.83. The summed E-state index contributed by atoms with van der Waals surface area (Å²) in [4.78, 5) is 39.1. The molecule has 0 spiro atoms. The summed E-state index contributed by atoms with van der Waals surface area (Å²) in [5.41, 5.74) is 0. The van der Waals surface area contributed by atoms with Gasteiger partial charge in [-0.3, -0.25) is 9.11 Å². The average Bonchev–Trinajstić information content (AvgIpc) is 2.09. The van der Waals surface area contributed by atoms with Gasteiger partial charge in [0.1, 0.15) is 0 Å². The Morgan fingerprint density at radius 2 is 0.905 bits per heavy atom. The topological polar surface area (TPSA) is 235 Å².